The Kier molecular flexibility index (Phi) is 55.4. The van der Waals surface area contributed by atoms with Gasteiger partial charge in [-0.15, -0.1) is 0 Å². The highest BCUT2D eigenvalue weighted by atomic mass is 16.6. The fourth-order valence-corrected chi connectivity index (χ4v) is 7.86. The summed E-state index contributed by atoms with van der Waals surface area (Å²) in [7, 11) is 0. The molecule has 0 radical (unpaired) electrons. The quantitative estimate of drug-likeness (QED) is 0.0345. The molecule has 0 aromatic rings. The van der Waals surface area contributed by atoms with Crippen molar-refractivity contribution in [1.82, 2.24) is 0 Å². The van der Waals surface area contributed by atoms with E-state index in [2.05, 4.69) is 118 Å². The highest BCUT2D eigenvalue weighted by Crippen LogP contribution is 2.14. The molecular formula is C63H108O5. The molecule has 0 aliphatic rings. The van der Waals surface area contributed by atoms with Gasteiger partial charge in [-0.3, -0.25) is 9.59 Å². The third-order valence-electron chi connectivity index (χ3n) is 12.1. The number of rotatable bonds is 52. The summed E-state index contributed by atoms with van der Waals surface area (Å²) < 4.78 is 17.5. The monoisotopic (exact) mass is 945 g/mol. The molecule has 0 saturated heterocycles. The number of esters is 2. The third kappa shape index (κ3) is 55.4. The van der Waals surface area contributed by atoms with Crippen molar-refractivity contribution in [1.29, 1.82) is 0 Å². The largest absolute Gasteiger partial charge is 0.462 e. The SMILES string of the molecule is CC/C=C\C/C=C\C/C=C\C/C=C\CCCCCCCCC(=O)OCC(COCCCCCCCCCC/C=C\CCCCCCCC)OC(=O)CCCCCCC/C=C\C/C=C\C/C=C\CC. The molecule has 0 aromatic heterocycles. The lowest BCUT2D eigenvalue weighted by atomic mass is 10.1. The molecule has 0 rings (SSSR count). The van der Waals surface area contributed by atoms with Gasteiger partial charge in [0.15, 0.2) is 6.10 Å². The molecule has 68 heavy (non-hydrogen) atoms. The van der Waals surface area contributed by atoms with E-state index in [0.29, 0.717) is 19.4 Å². The first-order valence-corrected chi connectivity index (χ1v) is 28.8. The Labute approximate surface area is 422 Å². The summed E-state index contributed by atoms with van der Waals surface area (Å²) in [6, 6.07) is 0. The molecule has 390 valence electrons. The normalized spacial score (nSPS) is 12.9. The molecule has 0 bridgehead atoms. The van der Waals surface area contributed by atoms with Gasteiger partial charge in [0.2, 0.25) is 0 Å². The van der Waals surface area contributed by atoms with Gasteiger partial charge < -0.3 is 14.2 Å². The molecule has 0 spiro atoms. The average molecular weight is 946 g/mol. The van der Waals surface area contributed by atoms with Crippen LogP contribution in [0.25, 0.3) is 0 Å². The molecule has 0 aromatic carbocycles. The van der Waals surface area contributed by atoms with Gasteiger partial charge in [-0.25, -0.2) is 0 Å². The summed E-state index contributed by atoms with van der Waals surface area (Å²) >= 11 is 0. The molecule has 0 aliphatic carbocycles. The Balaban J connectivity index is 4.33. The summed E-state index contributed by atoms with van der Waals surface area (Å²) in [6.45, 7) is 7.58. The van der Waals surface area contributed by atoms with Gasteiger partial charge in [0.05, 0.1) is 6.61 Å². The van der Waals surface area contributed by atoms with Crippen molar-refractivity contribution in [2.45, 2.75) is 271 Å². The zero-order chi connectivity index (χ0) is 49.2. The molecule has 0 heterocycles. The maximum absolute atomic E-state index is 12.9. The lowest BCUT2D eigenvalue weighted by molar-refractivity contribution is -0.163. The first kappa shape index (κ1) is 64.8. The Hall–Kier alpha value is -3.18. The predicted octanol–water partition coefficient (Wildman–Crippen LogP) is 19.8. The van der Waals surface area contributed by atoms with Crippen LogP contribution in [-0.2, 0) is 23.8 Å². The lowest BCUT2D eigenvalue weighted by Crippen LogP contribution is -2.30. The van der Waals surface area contributed by atoms with E-state index in [9.17, 15) is 9.59 Å². The smallest absolute Gasteiger partial charge is 0.306 e. The minimum absolute atomic E-state index is 0.0655. The second kappa shape index (κ2) is 58.1. The van der Waals surface area contributed by atoms with Gasteiger partial charge in [0.25, 0.3) is 0 Å². The predicted molar refractivity (Wildman–Crippen MR) is 297 cm³/mol. The van der Waals surface area contributed by atoms with Gasteiger partial charge in [-0.1, -0.05) is 234 Å². The van der Waals surface area contributed by atoms with Crippen molar-refractivity contribution < 1.29 is 23.8 Å². The van der Waals surface area contributed by atoms with Crippen LogP contribution in [0.1, 0.15) is 265 Å². The Morgan fingerprint density at radius 1 is 0.338 bits per heavy atom. The van der Waals surface area contributed by atoms with Crippen LogP contribution in [0.15, 0.2) is 97.2 Å². The van der Waals surface area contributed by atoms with Crippen LogP contribution in [0.5, 0.6) is 0 Å². The first-order chi connectivity index (χ1) is 33.6. The minimum Gasteiger partial charge on any atom is -0.462 e. The Bertz CT molecular complexity index is 1300. The summed E-state index contributed by atoms with van der Waals surface area (Å²) in [5, 5.41) is 0. The lowest BCUT2D eigenvalue weighted by Gasteiger charge is -2.18. The van der Waals surface area contributed by atoms with Crippen molar-refractivity contribution in [3.8, 4) is 0 Å². The maximum Gasteiger partial charge on any atom is 0.306 e. The van der Waals surface area contributed by atoms with Gasteiger partial charge in [-0.2, -0.15) is 0 Å². The molecular weight excluding hydrogens is 837 g/mol. The molecule has 1 unspecified atom stereocenters. The topological polar surface area (TPSA) is 61.8 Å². The molecule has 5 heteroatoms. The fourth-order valence-electron chi connectivity index (χ4n) is 7.86. The molecule has 0 saturated carbocycles. The standard InChI is InChI=1S/C63H108O5/c1-4-7-10-13-16-19-22-25-28-30-32-33-36-38-41-44-47-50-53-56-62(64)67-60-61(68-63(65)57-54-51-48-45-42-39-35-27-24-21-18-15-12-9-6-3)59-66-58-55-52-49-46-43-40-37-34-31-29-26-23-20-17-14-11-8-5-2/h7,9-10,12,16,18-19,21,25-29,32-33,35,61H,4-6,8,11,13-15,17,20,22-24,30-31,34,36-60H2,1-3H3/b10-7-,12-9-,19-16-,21-18-,28-25-,29-26-,33-32-,35-27-. The van der Waals surface area contributed by atoms with Crippen molar-refractivity contribution in [2.24, 2.45) is 0 Å². The molecule has 0 N–H and O–H groups in total. The zero-order valence-electron chi connectivity index (χ0n) is 44.8. The van der Waals surface area contributed by atoms with Crippen LogP contribution in [0.4, 0.5) is 0 Å². The summed E-state index contributed by atoms with van der Waals surface area (Å²) in [5.41, 5.74) is 0. The van der Waals surface area contributed by atoms with E-state index in [4.69, 9.17) is 14.2 Å². The van der Waals surface area contributed by atoms with Crippen LogP contribution in [0.2, 0.25) is 0 Å². The van der Waals surface area contributed by atoms with Crippen LogP contribution in [0, 0.1) is 0 Å². The van der Waals surface area contributed by atoms with E-state index in [0.717, 1.165) is 109 Å². The highest BCUT2D eigenvalue weighted by Gasteiger charge is 2.17. The highest BCUT2D eigenvalue weighted by molar-refractivity contribution is 5.70. The van der Waals surface area contributed by atoms with Crippen LogP contribution < -0.4 is 0 Å². The van der Waals surface area contributed by atoms with Gasteiger partial charge in [0.1, 0.15) is 6.61 Å². The molecule has 5 nitrogen and oxygen atoms in total. The van der Waals surface area contributed by atoms with Crippen molar-refractivity contribution in [3.05, 3.63) is 97.2 Å². The van der Waals surface area contributed by atoms with Crippen LogP contribution >= 0.6 is 0 Å². The first-order valence-electron chi connectivity index (χ1n) is 28.8. The van der Waals surface area contributed by atoms with E-state index in [1.807, 2.05) is 0 Å². The van der Waals surface area contributed by atoms with Gasteiger partial charge in [-0.05, 0) is 116 Å². The number of ether oxygens (including phenoxy) is 3. The second-order valence-corrected chi connectivity index (χ2v) is 18.8. The van der Waals surface area contributed by atoms with E-state index < -0.39 is 6.10 Å². The molecule has 0 fully saturated rings. The number of hydrogen-bond acceptors (Lipinski definition) is 5. The number of carbonyl (C=O) groups excluding carboxylic acids is 2. The third-order valence-corrected chi connectivity index (χ3v) is 12.1. The maximum atomic E-state index is 12.9. The molecule has 0 aliphatic heterocycles. The van der Waals surface area contributed by atoms with Crippen molar-refractivity contribution in [3.63, 3.8) is 0 Å². The second-order valence-electron chi connectivity index (χ2n) is 18.8. The van der Waals surface area contributed by atoms with E-state index in [1.54, 1.807) is 0 Å². The summed E-state index contributed by atoms with van der Waals surface area (Å²) in [5.74, 6) is -0.432. The number of unbranched alkanes of at least 4 members (excludes halogenated alkanes) is 25. The van der Waals surface area contributed by atoms with E-state index in [-0.39, 0.29) is 25.2 Å². The number of hydrogen-bond donors (Lipinski definition) is 0. The molecule has 0 amide bonds. The van der Waals surface area contributed by atoms with Crippen LogP contribution in [-0.4, -0.2) is 37.9 Å². The zero-order valence-corrected chi connectivity index (χ0v) is 44.8. The molecule has 1 atom stereocenters. The average Bonchev–Trinajstić information content (AvgIpc) is 3.34. The van der Waals surface area contributed by atoms with Crippen molar-refractivity contribution in [2.75, 3.05) is 19.8 Å². The Morgan fingerprint density at radius 3 is 1.07 bits per heavy atom. The summed E-state index contributed by atoms with van der Waals surface area (Å²) in [6.07, 6.45) is 78.5. The van der Waals surface area contributed by atoms with Gasteiger partial charge in [0, 0.05) is 19.4 Å². The van der Waals surface area contributed by atoms with E-state index >= 15 is 0 Å². The number of carbonyl (C=O) groups is 2. The van der Waals surface area contributed by atoms with Crippen molar-refractivity contribution >= 4 is 11.9 Å². The fraction of sp³-hybridized carbons (Fsp3) is 0.714. The number of allylic oxidation sites excluding steroid dienone is 16. The minimum atomic E-state index is -0.559. The summed E-state index contributed by atoms with van der Waals surface area (Å²) in [4.78, 5) is 25.5. The van der Waals surface area contributed by atoms with Gasteiger partial charge >= 0.3 is 11.9 Å². The van der Waals surface area contributed by atoms with E-state index in [1.165, 1.54) is 122 Å². The van der Waals surface area contributed by atoms with Crippen LogP contribution in [0.3, 0.4) is 0 Å². The Morgan fingerprint density at radius 2 is 0.662 bits per heavy atom.